The molecule has 1 aliphatic rings. The first-order chi connectivity index (χ1) is 13.5. The summed E-state index contributed by atoms with van der Waals surface area (Å²) >= 11 is 0. The molecule has 3 N–H and O–H groups in total. The van der Waals surface area contributed by atoms with Gasteiger partial charge in [0.1, 0.15) is 26.2 Å². The first-order valence-electron chi connectivity index (χ1n) is 10.3. The van der Waals surface area contributed by atoms with Crippen LogP contribution in [0.25, 0.3) is 6.08 Å². The number of piperazine rings is 1. The molecule has 0 aromatic heterocycles. The third-order valence-electron chi connectivity index (χ3n) is 5.77. The highest BCUT2D eigenvalue weighted by Gasteiger charge is 2.30. The molecular formula is C24H33N3O+2. The standard InChI is InChI=1S/C24H31N3O/c1-19-11-12-20(2)23(18-19)25-24(28)21(3)27-16-14-26(15-17-27)13-7-10-22-8-5-4-6-9-22/h4-12,18,21H,13-17H2,1-3H3,(H,25,28)/p+2/b10-7+/t21-/m0/s1. The Hall–Kier alpha value is -2.43. The molecule has 1 heterocycles. The Morgan fingerprint density at radius 3 is 2.50 bits per heavy atom. The second-order valence-corrected chi connectivity index (χ2v) is 7.95. The zero-order valence-electron chi connectivity index (χ0n) is 17.3. The molecule has 1 atom stereocenters. The van der Waals surface area contributed by atoms with E-state index in [-0.39, 0.29) is 11.9 Å². The average Bonchev–Trinajstić information content (AvgIpc) is 2.71. The second kappa shape index (κ2) is 9.67. The van der Waals surface area contributed by atoms with Crippen LogP contribution in [0.4, 0.5) is 5.69 Å². The Balaban J connectivity index is 1.46. The van der Waals surface area contributed by atoms with Gasteiger partial charge < -0.3 is 15.1 Å². The van der Waals surface area contributed by atoms with Crippen molar-refractivity contribution in [3.8, 4) is 0 Å². The minimum Gasteiger partial charge on any atom is -0.322 e. The average molecular weight is 380 g/mol. The Labute approximate surface area is 168 Å². The van der Waals surface area contributed by atoms with E-state index in [4.69, 9.17) is 0 Å². The number of rotatable bonds is 6. The lowest BCUT2D eigenvalue weighted by Crippen LogP contribution is -3.29. The van der Waals surface area contributed by atoms with Crippen molar-refractivity contribution in [1.82, 2.24) is 0 Å². The fraction of sp³-hybridized carbons (Fsp3) is 0.375. The number of quaternary nitrogens is 2. The Morgan fingerprint density at radius 2 is 1.79 bits per heavy atom. The van der Waals surface area contributed by atoms with E-state index in [1.54, 1.807) is 4.90 Å². The Kier molecular flexibility index (Phi) is 7.01. The number of hydrogen-bond acceptors (Lipinski definition) is 1. The van der Waals surface area contributed by atoms with Crippen LogP contribution < -0.4 is 15.1 Å². The van der Waals surface area contributed by atoms with Gasteiger partial charge in [-0.25, -0.2) is 0 Å². The van der Waals surface area contributed by atoms with Crippen LogP contribution in [0.3, 0.4) is 0 Å². The van der Waals surface area contributed by atoms with Gasteiger partial charge in [0.15, 0.2) is 6.04 Å². The van der Waals surface area contributed by atoms with Gasteiger partial charge in [0.05, 0.1) is 6.54 Å². The van der Waals surface area contributed by atoms with Crippen LogP contribution in [-0.4, -0.2) is 44.7 Å². The number of hydrogen-bond donors (Lipinski definition) is 3. The van der Waals surface area contributed by atoms with Crippen LogP contribution in [0, 0.1) is 13.8 Å². The largest absolute Gasteiger partial charge is 0.322 e. The van der Waals surface area contributed by atoms with Gasteiger partial charge >= 0.3 is 0 Å². The van der Waals surface area contributed by atoms with Crippen LogP contribution >= 0.6 is 0 Å². The molecule has 1 amide bonds. The van der Waals surface area contributed by atoms with Crippen LogP contribution in [0.2, 0.25) is 0 Å². The first kappa shape index (κ1) is 20.3. The maximum Gasteiger partial charge on any atom is 0.282 e. The van der Waals surface area contributed by atoms with Crippen molar-refractivity contribution < 1.29 is 14.6 Å². The van der Waals surface area contributed by atoms with Crippen molar-refractivity contribution in [2.24, 2.45) is 0 Å². The van der Waals surface area contributed by atoms with Crippen LogP contribution in [-0.2, 0) is 4.79 Å². The van der Waals surface area contributed by atoms with E-state index in [0.29, 0.717) is 0 Å². The molecule has 4 nitrogen and oxygen atoms in total. The number of nitrogens with one attached hydrogen (secondary N) is 3. The third kappa shape index (κ3) is 5.54. The van der Waals surface area contributed by atoms with Gasteiger partial charge in [-0.05, 0) is 49.6 Å². The predicted octanol–water partition coefficient (Wildman–Crippen LogP) is 1.13. The predicted molar refractivity (Wildman–Crippen MR) is 116 cm³/mol. The SMILES string of the molecule is Cc1ccc(C)c(NC(=O)[C@H](C)[NH+]2CC[NH+](C/C=C/c3ccccc3)CC2)c1. The van der Waals surface area contributed by atoms with Gasteiger partial charge in [-0.2, -0.15) is 0 Å². The molecule has 0 spiro atoms. The Morgan fingerprint density at radius 1 is 1.07 bits per heavy atom. The van der Waals surface area contributed by atoms with Crippen molar-refractivity contribution in [3.05, 3.63) is 71.3 Å². The Bertz CT molecular complexity index is 808. The van der Waals surface area contributed by atoms with Gasteiger partial charge in [0, 0.05) is 5.69 Å². The van der Waals surface area contributed by atoms with Gasteiger partial charge in [0.2, 0.25) is 0 Å². The van der Waals surface area contributed by atoms with Crippen molar-refractivity contribution in [2.75, 3.05) is 38.0 Å². The minimum absolute atomic E-state index is 0.0266. The molecule has 1 aliphatic heterocycles. The topological polar surface area (TPSA) is 38.0 Å². The van der Waals surface area contributed by atoms with Crippen LogP contribution in [0.1, 0.15) is 23.6 Å². The summed E-state index contributed by atoms with van der Waals surface area (Å²) in [6.07, 6.45) is 4.47. The molecular weight excluding hydrogens is 346 g/mol. The number of aryl methyl sites for hydroxylation is 2. The number of carbonyl (C=O) groups is 1. The molecule has 1 fully saturated rings. The van der Waals surface area contributed by atoms with Crippen LogP contribution in [0.5, 0.6) is 0 Å². The normalized spacial score (nSPS) is 20.8. The third-order valence-corrected chi connectivity index (χ3v) is 5.77. The molecule has 1 saturated heterocycles. The highest BCUT2D eigenvalue weighted by molar-refractivity contribution is 5.94. The highest BCUT2D eigenvalue weighted by atomic mass is 16.2. The fourth-order valence-electron chi connectivity index (χ4n) is 3.78. The number of carbonyl (C=O) groups excluding carboxylic acids is 1. The van der Waals surface area contributed by atoms with E-state index in [9.17, 15) is 4.79 Å². The van der Waals surface area contributed by atoms with Gasteiger partial charge in [-0.3, -0.25) is 4.79 Å². The van der Waals surface area contributed by atoms with Crippen molar-refractivity contribution in [1.29, 1.82) is 0 Å². The van der Waals surface area contributed by atoms with Crippen molar-refractivity contribution >= 4 is 17.7 Å². The van der Waals surface area contributed by atoms with E-state index in [2.05, 4.69) is 73.8 Å². The van der Waals surface area contributed by atoms with E-state index in [1.165, 1.54) is 16.0 Å². The summed E-state index contributed by atoms with van der Waals surface area (Å²) in [5.41, 5.74) is 4.47. The van der Waals surface area contributed by atoms with Crippen molar-refractivity contribution in [3.63, 3.8) is 0 Å². The summed E-state index contributed by atoms with van der Waals surface area (Å²) in [4.78, 5) is 15.7. The van der Waals surface area contributed by atoms with Gasteiger partial charge in [-0.15, -0.1) is 0 Å². The molecule has 0 saturated carbocycles. The van der Waals surface area contributed by atoms with E-state index in [0.717, 1.165) is 44.0 Å². The molecule has 0 radical (unpaired) electrons. The maximum absolute atomic E-state index is 12.7. The van der Waals surface area contributed by atoms with Gasteiger partial charge in [0.25, 0.3) is 5.91 Å². The zero-order chi connectivity index (χ0) is 19.9. The smallest absolute Gasteiger partial charge is 0.282 e. The molecule has 28 heavy (non-hydrogen) atoms. The highest BCUT2D eigenvalue weighted by Crippen LogP contribution is 2.16. The number of amides is 1. The summed E-state index contributed by atoms with van der Waals surface area (Å²) in [5, 5.41) is 3.13. The summed E-state index contributed by atoms with van der Waals surface area (Å²) in [7, 11) is 0. The lowest BCUT2D eigenvalue weighted by molar-refractivity contribution is -1.02. The summed E-state index contributed by atoms with van der Waals surface area (Å²) in [6, 6.07) is 16.6. The lowest BCUT2D eigenvalue weighted by Gasteiger charge is -2.32. The first-order valence-corrected chi connectivity index (χ1v) is 10.3. The van der Waals surface area contributed by atoms with E-state index in [1.807, 2.05) is 13.0 Å². The number of anilines is 1. The zero-order valence-corrected chi connectivity index (χ0v) is 17.3. The fourth-order valence-corrected chi connectivity index (χ4v) is 3.78. The van der Waals surface area contributed by atoms with E-state index < -0.39 is 0 Å². The molecule has 0 bridgehead atoms. The molecule has 2 aromatic rings. The molecule has 0 aliphatic carbocycles. The quantitative estimate of drug-likeness (QED) is 0.692. The lowest BCUT2D eigenvalue weighted by atomic mass is 10.1. The van der Waals surface area contributed by atoms with Gasteiger partial charge in [-0.1, -0.05) is 48.5 Å². The van der Waals surface area contributed by atoms with Crippen LogP contribution in [0.15, 0.2) is 54.6 Å². The van der Waals surface area contributed by atoms with E-state index >= 15 is 0 Å². The monoisotopic (exact) mass is 379 g/mol. The summed E-state index contributed by atoms with van der Waals surface area (Å²) in [6.45, 7) is 11.5. The summed E-state index contributed by atoms with van der Waals surface area (Å²) in [5.74, 6) is 0.121. The maximum atomic E-state index is 12.7. The minimum atomic E-state index is -0.0266. The summed E-state index contributed by atoms with van der Waals surface area (Å²) < 4.78 is 0. The number of benzene rings is 2. The molecule has 4 heteroatoms. The molecule has 0 unspecified atom stereocenters. The second-order valence-electron chi connectivity index (χ2n) is 7.95. The molecule has 2 aromatic carbocycles. The van der Waals surface area contributed by atoms with Crippen molar-refractivity contribution in [2.45, 2.75) is 26.8 Å². The molecule has 148 valence electrons. The molecule has 3 rings (SSSR count).